The van der Waals surface area contributed by atoms with Gasteiger partial charge in [0.15, 0.2) is 6.10 Å². The number of ether oxygens (including phenoxy) is 2. The van der Waals surface area contributed by atoms with E-state index in [4.69, 9.17) is 9.47 Å². The van der Waals surface area contributed by atoms with Crippen LogP contribution in [0.5, 0.6) is 5.75 Å². The first-order valence-electron chi connectivity index (χ1n) is 9.94. The molecule has 3 rings (SSSR count). The van der Waals surface area contributed by atoms with Gasteiger partial charge in [-0.05, 0) is 43.3 Å². The van der Waals surface area contributed by atoms with Crippen molar-refractivity contribution in [3.8, 4) is 5.75 Å². The zero-order chi connectivity index (χ0) is 24.1. The molecule has 0 bridgehead atoms. The maximum atomic E-state index is 12.5. The Labute approximate surface area is 188 Å². The number of hydrazine groups is 1. The molecule has 0 saturated carbocycles. The van der Waals surface area contributed by atoms with Gasteiger partial charge in [0.2, 0.25) is 11.7 Å². The summed E-state index contributed by atoms with van der Waals surface area (Å²) in [5.41, 5.74) is 2.66. The van der Waals surface area contributed by atoms with Crippen LogP contribution in [0.4, 0.5) is 5.69 Å². The second-order valence-corrected chi connectivity index (χ2v) is 7.32. The maximum Gasteiger partial charge on any atom is 0.312 e. The number of carbonyl (C=O) groups excluding carboxylic acids is 4. The van der Waals surface area contributed by atoms with Crippen LogP contribution in [0.15, 0.2) is 48.5 Å². The van der Waals surface area contributed by atoms with Gasteiger partial charge in [-0.15, -0.1) is 0 Å². The molecule has 1 aliphatic rings. The first kappa shape index (κ1) is 23.4. The van der Waals surface area contributed by atoms with Gasteiger partial charge in [-0.3, -0.25) is 39.7 Å². The van der Waals surface area contributed by atoms with E-state index in [-0.39, 0.29) is 24.2 Å². The Bertz CT molecular complexity index is 1080. The number of Topliss-reactive ketones (excluding diaryl/α,β-unsaturated/α-hetero) is 1. The van der Waals surface area contributed by atoms with Crippen molar-refractivity contribution in [2.45, 2.75) is 19.4 Å². The van der Waals surface area contributed by atoms with Crippen molar-refractivity contribution >= 4 is 29.3 Å². The van der Waals surface area contributed by atoms with Gasteiger partial charge in [0.25, 0.3) is 11.6 Å². The molecule has 2 aromatic carbocycles. The fourth-order valence-corrected chi connectivity index (χ4v) is 3.21. The molecule has 0 radical (unpaired) electrons. The van der Waals surface area contributed by atoms with Gasteiger partial charge in [0.1, 0.15) is 5.75 Å². The lowest BCUT2D eigenvalue weighted by atomic mass is 10.1. The molecule has 2 atom stereocenters. The van der Waals surface area contributed by atoms with Crippen molar-refractivity contribution in [1.82, 2.24) is 10.4 Å². The smallest absolute Gasteiger partial charge is 0.312 e. The van der Waals surface area contributed by atoms with Gasteiger partial charge in [0.05, 0.1) is 24.5 Å². The zero-order valence-corrected chi connectivity index (χ0v) is 17.8. The highest BCUT2D eigenvalue weighted by atomic mass is 16.6. The van der Waals surface area contributed by atoms with Crippen molar-refractivity contribution in [3.63, 3.8) is 0 Å². The quantitative estimate of drug-likeness (QED) is 0.275. The Morgan fingerprint density at radius 2 is 1.70 bits per heavy atom. The summed E-state index contributed by atoms with van der Waals surface area (Å²) in [5.74, 6) is -2.57. The number of nitrogens with zero attached hydrogens (tertiary/aromatic N) is 2. The average molecular weight is 455 g/mol. The number of ketones is 1. The summed E-state index contributed by atoms with van der Waals surface area (Å²) in [7, 11) is 1.50. The summed E-state index contributed by atoms with van der Waals surface area (Å²) in [4.78, 5) is 59.7. The van der Waals surface area contributed by atoms with Crippen molar-refractivity contribution in [2.24, 2.45) is 5.92 Å². The second-order valence-electron chi connectivity index (χ2n) is 7.32. The number of rotatable bonds is 8. The number of non-ortho nitro benzene ring substituents is 1. The molecule has 2 unspecified atom stereocenters. The number of nitro benzene ring substituents is 1. The van der Waals surface area contributed by atoms with Gasteiger partial charge < -0.3 is 9.47 Å². The summed E-state index contributed by atoms with van der Waals surface area (Å²) < 4.78 is 10.3. The molecule has 1 fully saturated rings. The number of methoxy groups -OCH3 is 1. The van der Waals surface area contributed by atoms with Gasteiger partial charge >= 0.3 is 5.97 Å². The van der Waals surface area contributed by atoms with Gasteiger partial charge in [-0.1, -0.05) is 0 Å². The minimum atomic E-state index is -1.07. The van der Waals surface area contributed by atoms with Crippen LogP contribution in [0, 0.1) is 16.0 Å². The molecular weight excluding hydrogens is 434 g/mol. The zero-order valence-electron chi connectivity index (χ0n) is 17.8. The lowest BCUT2D eigenvalue weighted by Gasteiger charge is -2.18. The number of nitrogens with one attached hydrogen (secondary N) is 1. The first-order chi connectivity index (χ1) is 15.7. The Kier molecular flexibility index (Phi) is 7.01. The van der Waals surface area contributed by atoms with Crippen molar-refractivity contribution in [3.05, 3.63) is 69.8 Å². The molecule has 1 heterocycles. The van der Waals surface area contributed by atoms with E-state index >= 15 is 0 Å². The van der Waals surface area contributed by atoms with E-state index in [1.54, 1.807) is 24.3 Å². The van der Waals surface area contributed by atoms with E-state index < -0.39 is 40.5 Å². The topological polar surface area (TPSA) is 145 Å². The number of hydrogen-bond acceptors (Lipinski definition) is 8. The highest BCUT2D eigenvalue weighted by molar-refractivity contribution is 6.01. The lowest BCUT2D eigenvalue weighted by Crippen LogP contribution is -2.43. The van der Waals surface area contributed by atoms with Crippen LogP contribution in [0.1, 0.15) is 34.1 Å². The number of benzene rings is 2. The molecule has 1 aliphatic heterocycles. The lowest BCUT2D eigenvalue weighted by molar-refractivity contribution is -0.384. The van der Waals surface area contributed by atoms with Crippen LogP contribution in [0.2, 0.25) is 0 Å². The standard InChI is InChI=1S/C22H21N3O8/c1-13(20(27)14-5-9-18(32-2)10-6-14)33-22(29)16-11-19(26)24(12-16)23-21(28)15-3-7-17(8-4-15)25(30)31/h3-10,13,16H,11-12H2,1-2H3,(H,23,28). The van der Waals surface area contributed by atoms with Crippen LogP contribution in [0.3, 0.4) is 0 Å². The summed E-state index contributed by atoms with van der Waals surface area (Å²) in [6.45, 7) is 1.31. The molecule has 2 aromatic rings. The predicted molar refractivity (Wildman–Crippen MR) is 113 cm³/mol. The Hall–Kier alpha value is -4.28. The monoisotopic (exact) mass is 455 g/mol. The fourth-order valence-electron chi connectivity index (χ4n) is 3.21. The SMILES string of the molecule is COc1ccc(C(=O)C(C)OC(=O)C2CC(=O)N(NC(=O)c3ccc([N+](=O)[O-])cc3)C2)cc1. The Balaban J connectivity index is 1.56. The molecule has 0 aromatic heterocycles. The molecule has 2 amide bonds. The third-order valence-electron chi connectivity index (χ3n) is 5.07. The highest BCUT2D eigenvalue weighted by Crippen LogP contribution is 2.20. The summed E-state index contributed by atoms with van der Waals surface area (Å²) in [5, 5.41) is 11.7. The van der Waals surface area contributed by atoms with Gasteiger partial charge in [-0.25, -0.2) is 0 Å². The summed E-state index contributed by atoms with van der Waals surface area (Å²) in [6, 6.07) is 11.2. The molecule has 0 aliphatic carbocycles. The minimum absolute atomic E-state index is 0.109. The third-order valence-corrected chi connectivity index (χ3v) is 5.07. The van der Waals surface area contributed by atoms with Crippen LogP contribution in [-0.4, -0.2) is 53.3 Å². The Morgan fingerprint density at radius 1 is 1.09 bits per heavy atom. The van der Waals surface area contributed by atoms with Gasteiger partial charge in [-0.2, -0.15) is 0 Å². The third kappa shape index (κ3) is 5.50. The van der Waals surface area contributed by atoms with E-state index in [9.17, 15) is 29.3 Å². The first-order valence-corrected chi connectivity index (χ1v) is 9.94. The highest BCUT2D eigenvalue weighted by Gasteiger charge is 2.37. The largest absolute Gasteiger partial charge is 0.497 e. The minimum Gasteiger partial charge on any atom is -0.497 e. The molecular formula is C22H21N3O8. The van der Waals surface area contributed by atoms with Crippen LogP contribution in [0.25, 0.3) is 0 Å². The average Bonchev–Trinajstić information content (AvgIpc) is 3.18. The number of nitro groups is 1. The molecule has 11 heteroatoms. The van der Waals surface area contributed by atoms with Crippen molar-refractivity contribution in [2.75, 3.05) is 13.7 Å². The van der Waals surface area contributed by atoms with Crippen molar-refractivity contribution in [1.29, 1.82) is 0 Å². The molecule has 33 heavy (non-hydrogen) atoms. The predicted octanol–water partition coefficient (Wildman–Crippen LogP) is 1.91. The second kappa shape index (κ2) is 9.90. The number of esters is 1. The number of carbonyl (C=O) groups is 4. The molecule has 11 nitrogen and oxygen atoms in total. The van der Waals surface area contributed by atoms with E-state index in [2.05, 4.69) is 5.43 Å². The fraction of sp³-hybridized carbons (Fsp3) is 0.273. The van der Waals surface area contributed by atoms with Crippen LogP contribution >= 0.6 is 0 Å². The Morgan fingerprint density at radius 3 is 2.27 bits per heavy atom. The van der Waals surface area contributed by atoms with E-state index in [1.165, 1.54) is 38.3 Å². The van der Waals surface area contributed by atoms with E-state index in [1.807, 2.05) is 0 Å². The normalized spacial score (nSPS) is 16.1. The number of amides is 2. The molecule has 1 N–H and O–H groups in total. The van der Waals surface area contributed by atoms with Gasteiger partial charge in [0, 0.05) is 29.7 Å². The summed E-state index contributed by atoms with van der Waals surface area (Å²) >= 11 is 0. The van der Waals surface area contributed by atoms with Crippen LogP contribution < -0.4 is 10.2 Å². The molecule has 172 valence electrons. The summed E-state index contributed by atoms with van der Waals surface area (Å²) in [6.07, 6.45) is -1.26. The number of hydrogen-bond donors (Lipinski definition) is 1. The molecule has 0 spiro atoms. The van der Waals surface area contributed by atoms with E-state index in [0.717, 1.165) is 5.01 Å². The van der Waals surface area contributed by atoms with E-state index in [0.29, 0.717) is 11.3 Å². The maximum absolute atomic E-state index is 12.5. The molecule has 1 saturated heterocycles. The van der Waals surface area contributed by atoms with Crippen LogP contribution in [-0.2, 0) is 14.3 Å². The van der Waals surface area contributed by atoms with Crippen molar-refractivity contribution < 1.29 is 33.6 Å².